The molecule has 2 heteroatoms. The molecule has 66 valence electrons. The summed E-state index contributed by atoms with van der Waals surface area (Å²) < 4.78 is 5.47. The predicted molar refractivity (Wildman–Crippen MR) is 50.5 cm³/mol. The van der Waals surface area contributed by atoms with Crippen LogP contribution in [-0.2, 0) is 4.74 Å². The third-order valence-corrected chi connectivity index (χ3v) is 3.08. The van der Waals surface area contributed by atoms with Crippen LogP contribution in [0.15, 0.2) is 23.8 Å². The summed E-state index contributed by atoms with van der Waals surface area (Å²) in [5.74, 6) is 0. The fraction of sp³-hybridized carbons (Fsp3) is 0.600. The largest absolute Gasteiger partial charge is 0.374 e. The highest BCUT2D eigenvalue weighted by molar-refractivity contribution is 6.24. The van der Waals surface area contributed by atoms with E-state index >= 15 is 0 Å². The van der Waals surface area contributed by atoms with Crippen LogP contribution in [0.5, 0.6) is 0 Å². The van der Waals surface area contributed by atoms with Crippen LogP contribution in [0.1, 0.15) is 19.3 Å². The molecule has 0 bridgehead atoms. The smallest absolute Gasteiger partial charge is 0.0907 e. The minimum atomic E-state index is 0.0111. The first-order valence-electron chi connectivity index (χ1n) is 4.35. The van der Waals surface area contributed by atoms with Crippen molar-refractivity contribution in [3.8, 4) is 0 Å². The van der Waals surface area contributed by atoms with Gasteiger partial charge in [-0.15, -0.1) is 11.6 Å². The number of methoxy groups -OCH3 is 1. The van der Waals surface area contributed by atoms with Crippen LogP contribution in [-0.4, -0.2) is 18.1 Å². The van der Waals surface area contributed by atoms with E-state index in [1.807, 2.05) is 0 Å². The zero-order chi connectivity index (χ0) is 8.60. The van der Waals surface area contributed by atoms with Crippen molar-refractivity contribution in [1.29, 1.82) is 0 Å². The molecule has 12 heavy (non-hydrogen) atoms. The van der Waals surface area contributed by atoms with Crippen LogP contribution in [0, 0.1) is 0 Å². The van der Waals surface area contributed by atoms with Crippen LogP contribution in [0.4, 0.5) is 0 Å². The molecule has 1 fully saturated rings. The van der Waals surface area contributed by atoms with Crippen LogP contribution < -0.4 is 0 Å². The molecule has 1 unspecified atom stereocenters. The fourth-order valence-electron chi connectivity index (χ4n) is 1.77. The topological polar surface area (TPSA) is 9.23 Å². The first-order chi connectivity index (χ1) is 5.78. The first-order valence-corrected chi connectivity index (χ1v) is 4.78. The second kappa shape index (κ2) is 2.90. The van der Waals surface area contributed by atoms with Crippen molar-refractivity contribution in [2.45, 2.75) is 30.2 Å². The quantitative estimate of drug-likeness (QED) is 0.474. The zero-order valence-electron chi connectivity index (χ0n) is 7.22. The van der Waals surface area contributed by atoms with E-state index in [2.05, 4.69) is 18.2 Å². The van der Waals surface area contributed by atoms with Crippen molar-refractivity contribution in [2.24, 2.45) is 0 Å². The molecular weight excluding hydrogens is 172 g/mol. The second-order valence-electron chi connectivity index (χ2n) is 3.42. The van der Waals surface area contributed by atoms with Crippen molar-refractivity contribution in [3.63, 3.8) is 0 Å². The summed E-state index contributed by atoms with van der Waals surface area (Å²) in [6.45, 7) is 0. The van der Waals surface area contributed by atoms with Gasteiger partial charge in [0.25, 0.3) is 0 Å². The third-order valence-electron chi connectivity index (χ3n) is 2.70. The first kappa shape index (κ1) is 8.33. The van der Waals surface area contributed by atoms with Crippen LogP contribution in [0.3, 0.4) is 0 Å². The van der Waals surface area contributed by atoms with Gasteiger partial charge in [-0.05, 0) is 24.8 Å². The van der Waals surface area contributed by atoms with E-state index in [0.29, 0.717) is 0 Å². The van der Waals surface area contributed by atoms with Crippen LogP contribution >= 0.6 is 11.6 Å². The number of allylic oxidation sites excluding steroid dienone is 3. The Bertz CT molecular complexity index is 238. The number of alkyl halides is 1. The van der Waals surface area contributed by atoms with E-state index in [4.69, 9.17) is 16.3 Å². The highest BCUT2D eigenvalue weighted by Crippen LogP contribution is 2.48. The van der Waals surface area contributed by atoms with E-state index in [-0.39, 0.29) is 11.0 Å². The summed E-state index contributed by atoms with van der Waals surface area (Å²) in [6, 6.07) is 0. The van der Waals surface area contributed by atoms with Gasteiger partial charge in [0.2, 0.25) is 0 Å². The fourth-order valence-corrected chi connectivity index (χ4v) is 2.16. The van der Waals surface area contributed by atoms with Gasteiger partial charge >= 0.3 is 0 Å². The number of rotatable bonds is 2. The Morgan fingerprint density at radius 2 is 2.33 bits per heavy atom. The zero-order valence-corrected chi connectivity index (χ0v) is 7.97. The Balaban J connectivity index is 2.17. The van der Waals surface area contributed by atoms with Gasteiger partial charge in [0, 0.05) is 7.11 Å². The molecule has 2 aliphatic rings. The summed E-state index contributed by atoms with van der Waals surface area (Å²) in [5, 5.41) is 0.0567. The van der Waals surface area contributed by atoms with Crippen molar-refractivity contribution in [3.05, 3.63) is 23.8 Å². The third kappa shape index (κ3) is 1.21. The lowest BCUT2D eigenvalue weighted by atomic mass is 9.98. The van der Waals surface area contributed by atoms with E-state index in [1.54, 1.807) is 7.11 Å². The average Bonchev–Trinajstić information content (AvgIpc) is 2.86. The molecule has 1 saturated carbocycles. The van der Waals surface area contributed by atoms with E-state index in [1.165, 1.54) is 5.57 Å². The normalized spacial score (nSPS) is 31.5. The summed E-state index contributed by atoms with van der Waals surface area (Å²) in [5.41, 5.74) is 1.28. The van der Waals surface area contributed by atoms with Gasteiger partial charge in [-0.1, -0.05) is 18.2 Å². The molecule has 0 aromatic rings. The maximum absolute atomic E-state index is 6.15. The Kier molecular flexibility index (Phi) is 2.01. The van der Waals surface area contributed by atoms with Crippen LogP contribution in [0.25, 0.3) is 0 Å². The number of halogens is 1. The number of hydrogen-bond acceptors (Lipinski definition) is 1. The van der Waals surface area contributed by atoms with E-state index in [0.717, 1.165) is 19.3 Å². The van der Waals surface area contributed by atoms with Gasteiger partial charge in [0.15, 0.2) is 0 Å². The molecule has 0 N–H and O–H groups in total. The lowest BCUT2D eigenvalue weighted by molar-refractivity contribution is 0.109. The second-order valence-corrected chi connectivity index (χ2v) is 3.89. The van der Waals surface area contributed by atoms with Gasteiger partial charge in [-0.25, -0.2) is 0 Å². The van der Waals surface area contributed by atoms with Gasteiger partial charge in [-0.2, -0.15) is 0 Å². The van der Waals surface area contributed by atoms with Crippen molar-refractivity contribution in [2.75, 3.05) is 7.11 Å². The van der Waals surface area contributed by atoms with Gasteiger partial charge < -0.3 is 4.74 Å². The lowest BCUT2D eigenvalue weighted by Gasteiger charge is -2.22. The standard InChI is InChI=1S/C10H13ClO/c1-12-10(6-7-10)8-4-2-3-5-9(8)11/h3-5,9H,2,6-7H2,1H3. The molecule has 1 atom stereocenters. The number of ether oxygens (including phenoxy) is 1. The molecule has 0 aromatic carbocycles. The highest BCUT2D eigenvalue weighted by atomic mass is 35.5. The Morgan fingerprint density at radius 1 is 1.58 bits per heavy atom. The average molecular weight is 185 g/mol. The molecule has 0 spiro atoms. The van der Waals surface area contributed by atoms with Crippen LogP contribution in [0.2, 0.25) is 0 Å². The molecule has 0 aliphatic heterocycles. The van der Waals surface area contributed by atoms with Crippen molar-refractivity contribution < 1.29 is 4.74 Å². The predicted octanol–water partition coefficient (Wildman–Crippen LogP) is 2.66. The summed E-state index contributed by atoms with van der Waals surface area (Å²) in [4.78, 5) is 0. The van der Waals surface area contributed by atoms with Gasteiger partial charge in [0.1, 0.15) is 0 Å². The molecule has 0 radical (unpaired) electrons. The van der Waals surface area contributed by atoms with Crippen molar-refractivity contribution in [1.82, 2.24) is 0 Å². The Morgan fingerprint density at radius 3 is 2.83 bits per heavy atom. The summed E-state index contributed by atoms with van der Waals surface area (Å²) in [7, 11) is 1.77. The Hall–Kier alpha value is -0.270. The molecule has 0 aromatic heterocycles. The lowest BCUT2D eigenvalue weighted by Crippen LogP contribution is -2.22. The summed E-state index contributed by atoms with van der Waals surface area (Å²) in [6.07, 6.45) is 9.62. The molecule has 2 rings (SSSR count). The highest BCUT2D eigenvalue weighted by Gasteiger charge is 2.48. The molecule has 2 aliphatic carbocycles. The molecule has 0 saturated heterocycles. The Labute approximate surface area is 78.0 Å². The SMILES string of the molecule is COC1(C2=CCC=CC2Cl)CC1. The molecule has 0 amide bonds. The monoisotopic (exact) mass is 184 g/mol. The minimum absolute atomic E-state index is 0.0111. The van der Waals surface area contributed by atoms with E-state index in [9.17, 15) is 0 Å². The molecule has 1 nitrogen and oxygen atoms in total. The maximum atomic E-state index is 6.15. The maximum Gasteiger partial charge on any atom is 0.0907 e. The molecular formula is C10H13ClO. The summed E-state index contributed by atoms with van der Waals surface area (Å²) >= 11 is 6.15. The van der Waals surface area contributed by atoms with Gasteiger partial charge in [-0.3, -0.25) is 0 Å². The van der Waals surface area contributed by atoms with E-state index < -0.39 is 0 Å². The minimum Gasteiger partial charge on any atom is -0.374 e. The molecule has 0 heterocycles. The number of hydrogen-bond donors (Lipinski definition) is 0. The van der Waals surface area contributed by atoms with Crippen molar-refractivity contribution >= 4 is 11.6 Å². The van der Waals surface area contributed by atoms with Gasteiger partial charge in [0.05, 0.1) is 11.0 Å².